The third kappa shape index (κ3) is 3.78. The van der Waals surface area contributed by atoms with Crippen molar-refractivity contribution in [1.29, 1.82) is 0 Å². The van der Waals surface area contributed by atoms with E-state index in [0.717, 1.165) is 23.2 Å². The lowest BCUT2D eigenvalue weighted by atomic mass is 9.92. The standard InChI is InChI=1S/C27H27N3O3/c1-17-8-10-18(11-9-17)26-25-21(20-6-4-5-7-22(20)29-25)14-15-30(26)27(31)28-19-12-13-23(32-2)24(16-19)33-3/h4-13,16,26,29H,14-15H2,1-3H3,(H,28,31). The SMILES string of the molecule is COc1ccc(NC(=O)N2CCc3c([nH]c4ccccc34)C2c2ccc(C)cc2)cc1OC. The van der Waals surface area contributed by atoms with Crippen LogP contribution in [0, 0.1) is 6.92 Å². The van der Waals surface area contributed by atoms with Gasteiger partial charge < -0.3 is 24.7 Å². The van der Waals surface area contributed by atoms with Crippen molar-refractivity contribution in [3.05, 3.63) is 89.1 Å². The number of carbonyl (C=O) groups excluding carboxylic acids is 1. The molecule has 1 aliphatic heterocycles. The Morgan fingerprint density at radius 1 is 1.00 bits per heavy atom. The molecule has 1 atom stereocenters. The molecule has 1 unspecified atom stereocenters. The van der Waals surface area contributed by atoms with Crippen LogP contribution in [0.2, 0.25) is 0 Å². The summed E-state index contributed by atoms with van der Waals surface area (Å²) in [6.07, 6.45) is 0.793. The maximum atomic E-state index is 13.5. The second-order valence-corrected chi connectivity index (χ2v) is 8.32. The fourth-order valence-electron chi connectivity index (χ4n) is 4.66. The number of hydrogen-bond acceptors (Lipinski definition) is 3. The molecular weight excluding hydrogens is 414 g/mol. The van der Waals surface area contributed by atoms with Crippen LogP contribution in [0.15, 0.2) is 66.7 Å². The van der Waals surface area contributed by atoms with E-state index in [1.54, 1.807) is 26.4 Å². The Bertz CT molecular complexity index is 1310. The van der Waals surface area contributed by atoms with Crippen molar-refractivity contribution in [2.45, 2.75) is 19.4 Å². The smallest absolute Gasteiger partial charge is 0.322 e. The molecule has 2 N–H and O–H groups in total. The third-order valence-corrected chi connectivity index (χ3v) is 6.32. The van der Waals surface area contributed by atoms with Gasteiger partial charge in [-0.1, -0.05) is 48.0 Å². The van der Waals surface area contributed by atoms with Crippen LogP contribution in [-0.2, 0) is 6.42 Å². The van der Waals surface area contributed by atoms with E-state index in [9.17, 15) is 4.79 Å². The van der Waals surface area contributed by atoms with Crippen molar-refractivity contribution in [1.82, 2.24) is 9.88 Å². The first kappa shape index (κ1) is 20.9. The normalized spacial score (nSPS) is 15.2. The van der Waals surface area contributed by atoms with Gasteiger partial charge in [-0.2, -0.15) is 0 Å². The molecule has 6 heteroatoms. The summed E-state index contributed by atoms with van der Waals surface area (Å²) in [5.41, 5.74) is 6.38. The van der Waals surface area contributed by atoms with Gasteiger partial charge >= 0.3 is 6.03 Å². The summed E-state index contributed by atoms with van der Waals surface area (Å²) in [7, 11) is 3.17. The van der Waals surface area contributed by atoms with Crippen LogP contribution in [-0.4, -0.2) is 36.7 Å². The van der Waals surface area contributed by atoms with Crippen molar-refractivity contribution in [3.63, 3.8) is 0 Å². The lowest BCUT2D eigenvalue weighted by molar-refractivity contribution is 0.193. The van der Waals surface area contributed by atoms with Gasteiger partial charge in [0.1, 0.15) is 0 Å². The summed E-state index contributed by atoms with van der Waals surface area (Å²) in [4.78, 5) is 19.0. The Kier molecular flexibility index (Phi) is 5.42. The molecule has 6 nitrogen and oxygen atoms in total. The van der Waals surface area contributed by atoms with Gasteiger partial charge in [0.05, 0.1) is 20.3 Å². The average molecular weight is 442 g/mol. The number of carbonyl (C=O) groups is 1. The van der Waals surface area contributed by atoms with Gasteiger partial charge in [-0.3, -0.25) is 0 Å². The fourth-order valence-corrected chi connectivity index (χ4v) is 4.66. The first-order valence-electron chi connectivity index (χ1n) is 11.0. The van der Waals surface area contributed by atoms with E-state index in [1.165, 1.54) is 16.5 Å². The van der Waals surface area contributed by atoms with Gasteiger partial charge in [0.25, 0.3) is 0 Å². The van der Waals surface area contributed by atoms with Crippen molar-refractivity contribution in [2.24, 2.45) is 0 Å². The first-order valence-corrected chi connectivity index (χ1v) is 11.0. The molecule has 5 rings (SSSR count). The number of ether oxygens (including phenoxy) is 2. The molecule has 0 radical (unpaired) electrons. The number of anilines is 1. The topological polar surface area (TPSA) is 66.6 Å². The molecular formula is C27H27N3O3. The van der Waals surface area contributed by atoms with Crippen LogP contribution >= 0.6 is 0 Å². The van der Waals surface area contributed by atoms with Gasteiger partial charge in [-0.25, -0.2) is 4.79 Å². The van der Waals surface area contributed by atoms with E-state index in [1.807, 2.05) is 17.0 Å². The number of urea groups is 1. The number of nitrogens with zero attached hydrogens (tertiary/aromatic N) is 1. The van der Waals surface area contributed by atoms with Gasteiger partial charge in [-0.15, -0.1) is 0 Å². The van der Waals surface area contributed by atoms with E-state index in [4.69, 9.17) is 9.47 Å². The van der Waals surface area contributed by atoms with E-state index in [0.29, 0.717) is 23.7 Å². The molecule has 4 aromatic rings. The molecule has 0 spiro atoms. The molecule has 1 aromatic heterocycles. The number of nitrogens with one attached hydrogen (secondary N) is 2. The van der Waals surface area contributed by atoms with Crippen LogP contribution in [0.5, 0.6) is 11.5 Å². The number of H-pyrrole nitrogens is 1. The average Bonchev–Trinajstić information content (AvgIpc) is 3.22. The Labute approximate surface area is 193 Å². The Morgan fingerprint density at radius 3 is 2.52 bits per heavy atom. The largest absolute Gasteiger partial charge is 0.493 e. The first-order chi connectivity index (χ1) is 16.1. The molecule has 0 aliphatic carbocycles. The van der Waals surface area contributed by atoms with Crippen molar-refractivity contribution >= 4 is 22.6 Å². The summed E-state index contributed by atoms with van der Waals surface area (Å²) >= 11 is 0. The number of methoxy groups -OCH3 is 2. The van der Waals surface area contributed by atoms with E-state index < -0.39 is 0 Å². The zero-order chi connectivity index (χ0) is 22.9. The molecule has 0 saturated heterocycles. The molecule has 168 valence electrons. The maximum Gasteiger partial charge on any atom is 0.322 e. The summed E-state index contributed by atoms with van der Waals surface area (Å²) < 4.78 is 10.7. The fraction of sp³-hybridized carbons (Fsp3) is 0.222. The number of rotatable bonds is 4. The highest BCUT2D eigenvalue weighted by Gasteiger charge is 2.34. The highest BCUT2D eigenvalue weighted by Crippen LogP contribution is 2.39. The molecule has 0 bridgehead atoms. The van der Waals surface area contributed by atoms with Gasteiger partial charge in [0, 0.05) is 34.9 Å². The van der Waals surface area contributed by atoms with Crippen molar-refractivity contribution < 1.29 is 14.3 Å². The number of benzene rings is 3. The minimum absolute atomic E-state index is 0.155. The van der Waals surface area contributed by atoms with Crippen LogP contribution in [0.1, 0.15) is 28.4 Å². The third-order valence-electron chi connectivity index (χ3n) is 6.32. The summed E-state index contributed by atoms with van der Waals surface area (Å²) in [6, 6.07) is 21.8. The predicted octanol–water partition coefficient (Wildman–Crippen LogP) is 5.67. The van der Waals surface area contributed by atoms with Crippen molar-refractivity contribution in [3.8, 4) is 11.5 Å². The second-order valence-electron chi connectivity index (χ2n) is 8.32. The molecule has 33 heavy (non-hydrogen) atoms. The lowest BCUT2D eigenvalue weighted by Crippen LogP contribution is -2.43. The van der Waals surface area contributed by atoms with Gasteiger partial charge in [0.15, 0.2) is 11.5 Å². The lowest BCUT2D eigenvalue weighted by Gasteiger charge is -2.36. The quantitative estimate of drug-likeness (QED) is 0.429. The summed E-state index contributed by atoms with van der Waals surface area (Å²) in [6.45, 7) is 2.69. The van der Waals surface area contributed by atoms with Gasteiger partial charge in [-0.05, 0) is 42.7 Å². The maximum absolute atomic E-state index is 13.5. The highest BCUT2D eigenvalue weighted by molar-refractivity contribution is 5.92. The van der Waals surface area contributed by atoms with E-state index >= 15 is 0 Å². The molecule has 2 heterocycles. The minimum atomic E-state index is -0.207. The Hall–Kier alpha value is -3.93. The molecule has 0 fully saturated rings. The molecule has 0 saturated carbocycles. The number of amides is 2. The minimum Gasteiger partial charge on any atom is -0.493 e. The van der Waals surface area contributed by atoms with Crippen LogP contribution in [0.4, 0.5) is 10.5 Å². The summed E-state index contributed by atoms with van der Waals surface area (Å²) in [5, 5.41) is 4.28. The highest BCUT2D eigenvalue weighted by atomic mass is 16.5. The Balaban J connectivity index is 1.53. The summed E-state index contributed by atoms with van der Waals surface area (Å²) in [5.74, 6) is 1.19. The number of para-hydroxylation sites is 1. The zero-order valence-corrected chi connectivity index (χ0v) is 19.0. The van der Waals surface area contributed by atoms with Crippen LogP contribution in [0.3, 0.4) is 0 Å². The van der Waals surface area contributed by atoms with E-state index in [-0.39, 0.29) is 12.1 Å². The van der Waals surface area contributed by atoms with E-state index in [2.05, 4.69) is 59.7 Å². The number of aryl methyl sites for hydroxylation is 1. The molecule has 3 aromatic carbocycles. The van der Waals surface area contributed by atoms with Crippen molar-refractivity contribution in [2.75, 3.05) is 26.1 Å². The van der Waals surface area contributed by atoms with Crippen LogP contribution < -0.4 is 14.8 Å². The van der Waals surface area contributed by atoms with Crippen LogP contribution in [0.25, 0.3) is 10.9 Å². The number of fused-ring (bicyclic) bond motifs is 3. The molecule has 1 aliphatic rings. The Morgan fingerprint density at radius 2 is 1.76 bits per heavy atom. The number of aromatic nitrogens is 1. The monoisotopic (exact) mass is 441 g/mol. The second kappa shape index (κ2) is 8.54. The number of aromatic amines is 1. The molecule has 2 amide bonds. The van der Waals surface area contributed by atoms with Gasteiger partial charge in [0.2, 0.25) is 0 Å². The zero-order valence-electron chi connectivity index (χ0n) is 19.0. The predicted molar refractivity (Wildman–Crippen MR) is 130 cm³/mol. The number of hydrogen-bond donors (Lipinski definition) is 2.